The molecule has 0 radical (unpaired) electrons. The van der Waals surface area contributed by atoms with Crippen LogP contribution in [-0.2, 0) is 0 Å². The van der Waals surface area contributed by atoms with Crippen molar-refractivity contribution in [2.75, 3.05) is 12.4 Å². The average molecular weight is 305 g/mol. The van der Waals surface area contributed by atoms with Crippen molar-refractivity contribution in [1.29, 1.82) is 0 Å². The molecule has 5 heteroatoms. The van der Waals surface area contributed by atoms with Crippen LogP contribution in [0.25, 0.3) is 11.0 Å². The minimum Gasteiger partial charge on any atom is -0.394 e. The molecule has 1 aromatic heterocycles. The van der Waals surface area contributed by atoms with Gasteiger partial charge in [-0.05, 0) is 44.7 Å². The molecule has 4 nitrogen and oxygen atoms in total. The van der Waals surface area contributed by atoms with Crippen LogP contribution in [0.5, 0.6) is 0 Å². The Hall–Kier alpha value is -1.04. The van der Waals surface area contributed by atoms with E-state index in [4.69, 9.17) is 0 Å². The molecule has 0 amide bonds. The number of H-pyrrole nitrogens is 1. The normalized spacial score (nSPS) is 18.0. The molecule has 1 heterocycles. The van der Waals surface area contributed by atoms with E-state index in [-0.39, 0.29) is 12.1 Å². The van der Waals surface area contributed by atoms with E-state index in [2.05, 4.69) is 28.3 Å². The number of imidazole rings is 1. The SMILES string of the molecule is CC(CO)(CCCSc1nc2ccccc2[nH]1)NC1CC1. The number of aliphatic hydroxyl groups is 1. The minimum absolute atomic E-state index is 0.129. The molecule has 1 aromatic carbocycles. The van der Waals surface area contributed by atoms with Gasteiger partial charge in [0.2, 0.25) is 0 Å². The molecule has 0 saturated heterocycles. The van der Waals surface area contributed by atoms with Crippen LogP contribution in [0.4, 0.5) is 0 Å². The Labute approximate surface area is 129 Å². The van der Waals surface area contributed by atoms with E-state index in [0.717, 1.165) is 34.8 Å². The zero-order valence-electron chi connectivity index (χ0n) is 12.4. The van der Waals surface area contributed by atoms with Crippen LogP contribution in [0.3, 0.4) is 0 Å². The lowest BCUT2D eigenvalue weighted by molar-refractivity contribution is 0.163. The maximum absolute atomic E-state index is 9.59. The number of para-hydroxylation sites is 2. The molecule has 1 unspecified atom stereocenters. The van der Waals surface area contributed by atoms with E-state index in [1.54, 1.807) is 11.8 Å². The first kappa shape index (κ1) is 14.9. The van der Waals surface area contributed by atoms with Gasteiger partial charge in [-0.1, -0.05) is 23.9 Å². The Morgan fingerprint density at radius 3 is 2.95 bits per heavy atom. The summed E-state index contributed by atoms with van der Waals surface area (Å²) in [6.07, 6.45) is 4.57. The fraction of sp³-hybridized carbons (Fsp3) is 0.562. The largest absolute Gasteiger partial charge is 0.394 e. The van der Waals surface area contributed by atoms with E-state index in [1.807, 2.05) is 18.2 Å². The van der Waals surface area contributed by atoms with Gasteiger partial charge in [-0.25, -0.2) is 4.98 Å². The van der Waals surface area contributed by atoms with Gasteiger partial charge in [-0.15, -0.1) is 0 Å². The summed E-state index contributed by atoms with van der Waals surface area (Å²) in [7, 11) is 0. The van der Waals surface area contributed by atoms with Crippen molar-refractivity contribution >= 4 is 22.8 Å². The molecule has 3 rings (SSSR count). The predicted octanol–water partition coefficient (Wildman–Crippen LogP) is 2.94. The van der Waals surface area contributed by atoms with Crippen LogP contribution in [0.15, 0.2) is 29.4 Å². The number of hydrogen-bond acceptors (Lipinski definition) is 4. The number of nitrogens with one attached hydrogen (secondary N) is 2. The standard InChI is InChI=1S/C16H23N3OS/c1-16(11-20,19-12-7-8-12)9-4-10-21-15-17-13-5-2-3-6-14(13)18-15/h2-3,5-6,12,19-20H,4,7-11H2,1H3,(H,17,18). The van der Waals surface area contributed by atoms with Crippen LogP contribution in [0.2, 0.25) is 0 Å². The molecule has 1 fully saturated rings. The minimum atomic E-state index is -0.129. The lowest BCUT2D eigenvalue weighted by Crippen LogP contribution is -2.46. The van der Waals surface area contributed by atoms with Crippen LogP contribution < -0.4 is 5.32 Å². The second-order valence-corrected chi connectivity index (χ2v) is 7.23. The molecular weight excluding hydrogens is 282 g/mol. The molecule has 114 valence electrons. The van der Waals surface area contributed by atoms with Crippen molar-refractivity contribution in [1.82, 2.24) is 15.3 Å². The number of thioether (sulfide) groups is 1. The van der Waals surface area contributed by atoms with E-state index < -0.39 is 0 Å². The third-order valence-corrected chi connectivity index (χ3v) is 4.92. The highest BCUT2D eigenvalue weighted by atomic mass is 32.2. The summed E-state index contributed by atoms with van der Waals surface area (Å²) < 4.78 is 0. The van der Waals surface area contributed by atoms with Gasteiger partial charge in [0.1, 0.15) is 0 Å². The van der Waals surface area contributed by atoms with Gasteiger partial charge in [0.25, 0.3) is 0 Å². The number of nitrogens with zero attached hydrogens (tertiary/aromatic N) is 1. The number of aromatic amines is 1. The molecule has 1 aliphatic rings. The second-order valence-electron chi connectivity index (χ2n) is 6.15. The number of aliphatic hydroxyl groups excluding tert-OH is 1. The van der Waals surface area contributed by atoms with Crippen molar-refractivity contribution in [2.24, 2.45) is 0 Å². The fourth-order valence-corrected chi connectivity index (χ4v) is 3.37. The molecule has 0 aliphatic heterocycles. The van der Waals surface area contributed by atoms with Crippen molar-refractivity contribution in [2.45, 2.75) is 49.3 Å². The van der Waals surface area contributed by atoms with Crippen LogP contribution in [-0.4, -0.2) is 39.0 Å². The summed E-state index contributed by atoms with van der Waals surface area (Å²) in [5, 5.41) is 14.1. The van der Waals surface area contributed by atoms with Crippen LogP contribution in [0.1, 0.15) is 32.6 Å². The van der Waals surface area contributed by atoms with Crippen molar-refractivity contribution in [3.05, 3.63) is 24.3 Å². The number of rotatable bonds is 8. The summed E-state index contributed by atoms with van der Waals surface area (Å²) in [6, 6.07) is 8.73. The first-order valence-corrected chi connectivity index (χ1v) is 8.63. The Bertz CT molecular complexity index is 563. The molecule has 1 aliphatic carbocycles. The monoisotopic (exact) mass is 305 g/mol. The highest BCUT2D eigenvalue weighted by molar-refractivity contribution is 7.99. The Balaban J connectivity index is 1.46. The number of hydrogen-bond donors (Lipinski definition) is 3. The van der Waals surface area contributed by atoms with Crippen LogP contribution in [0, 0.1) is 0 Å². The lowest BCUT2D eigenvalue weighted by atomic mass is 9.97. The number of benzene rings is 1. The van der Waals surface area contributed by atoms with Gasteiger partial charge in [-0.2, -0.15) is 0 Å². The molecule has 1 atom stereocenters. The Morgan fingerprint density at radius 1 is 1.43 bits per heavy atom. The average Bonchev–Trinajstić information content (AvgIpc) is 3.19. The molecule has 0 spiro atoms. The van der Waals surface area contributed by atoms with Gasteiger partial charge in [0, 0.05) is 17.3 Å². The van der Waals surface area contributed by atoms with Crippen LogP contribution >= 0.6 is 11.8 Å². The summed E-state index contributed by atoms with van der Waals surface area (Å²) in [5.74, 6) is 1.02. The molecule has 21 heavy (non-hydrogen) atoms. The maximum Gasteiger partial charge on any atom is 0.166 e. The molecule has 1 saturated carbocycles. The molecule has 2 aromatic rings. The van der Waals surface area contributed by atoms with Crippen molar-refractivity contribution in [3.63, 3.8) is 0 Å². The number of aromatic nitrogens is 2. The lowest BCUT2D eigenvalue weighted by Gasteiger charge is -2.29. The Kier molecular flexibility index (Phi) is 4.52. The summed E-state index contributed by atoms with van der Waals surface area (Å²) >= 11 is 1.76. The zero-order chi connectivity index (χ0) is 14.7. The van der Waals surface area contributed by atoms with Crippen molar-refractivity contribution < 1.29 is 5.11 Å². The summed E-state index contributed by atoms with van der Waals surface area (Å²) in [5.41, 5.74) is 1.99. The molecule has 0 bridgehead atoms. The first-order chi connectivity index (χ1) is 10.2. The number of fused-ring (bicyclic) bond motifs is 1. The predicted molar refractivity (Wildman–Crippen MR) is 87.7 cm³/mol. The van der Waals surface area contributed by atoms with Gasteiger partial charge in [0.05, 0.1) is 17.6 Å². The highest BCUT2D eigenvalue weighted by Gasteiger charge is 2.31. The van der Waals surface area contributed by atoms with Crippen molar-refractivity contribution in [3.8, 4) is 0 Å². The summed E-state index contributed by atoms with van der Waals surface area (Å²) in [6.45, 7) is 2.33. The van der Waals surface area contributed by atoms with E-state index in [9.17, 15) is 5.11 Å². The van der Waals surface area contributed by atoms with E-state index in [1.165, 1.54) is 12.8 Å². The van der Waals surface area contributed by atoms with E-state index in [0.29, 0.717) is 6.04 Å². The third kappa shape index (κ3) is 3.99. The summed E-state index contributed by atoms with van der Waals surface area (Å²) in [4.78, 5) is 7.90. The first-order valence-electron chi connectivity index (χ1n) is 7.65. The third-order valence-electron chi connectivity index (χ3n) is 3.96. The maximum atomic E-state index is 9.59. The van der Waals surface area contributed by atoms with Gasteiger partial charge in [-0.3, -0.25) is 0 Å². The van der Waals surface area contributed by atoms with Gasteiger partial charge < -0.3 is 15.4 Å². The fourth-order valence-electron chi connectivity index (χ4n) is 2.55. The quantitative estimate of drug-likeness (QED) is 0.518. The highest BCUT2D eigenvalue weighted by Crippen LogP contribution is 2.26. The van der Waals surface area contributed by atoms with Gasteiger partial charge >= 0.3 is 0 Å². The molecule has 3 N–H and O–H groups in total. The Morgan fingerprint density at radius 2 is 2.24 bits per heavy atom. The topological polar surface area (TPSA) is 60.9 Å². The smallest absolute Gasteiger partial charge is 0.166 e. The molecular formula is C16H23N3OS. The van der Waals surface area contributed by atoms with Gasteiger partial charge in [0.15, 0.2) is 5.16 Å². The zero-order valence-corrected chi connectivity index (χ0v) is 13.2. The second kappa shape index (κ2) is 6.38. The van der Waals surface area contributed by atoms with E-state index >= 15 is 0 Å².